The van der Waals surface area contributed by atoms with E-state index >= 15 is 0 Å². The third kappa shape index (κ3) is 4.59. The van der Waals surface area contributed by atoms with E-state index in [1.54, 1.807) is 11.3 Å². The fourth-order valence-corrected chi connectivity index (χ4v) is 4.85. The predicted octanol–water partition coefficient (Wildman–Crippen LogP) is 9.89. The van der Waals surface area contributed by atoms with Gasteiger partial charge in [0.25, 0.3) is 0 Å². The fourth-order valence-electron chi connectivity index (χ4n) is 3.83. The normalized spacial score (nSPS) is 12.3. The molecule has 158 valence electrons. The number of hydrogen-bond donors (Lipinski definition) is 0. The van der Waals surface area contributed by atoms with Crippen molar-refractivity contribution in [3.05, 3.63) is 113 Å². The van der Waals surface area contributed by atoms with Crippen LogP contribution in [0.5, 0.6) is 0 Å². The second-order valence-corrected chi connectivity index (χ2v) is 8.95. The first-order valence-corrected chi connectivity index (χ1v) is 11.8. The third-order valence-electron chi connectivity index (χ3n) is 5.68. The van der Waals surface area contributed by atoms with Crippen LogP contribution in [0, 0.1) is 0 Å². The summed E-state index contributed by atoms with van der Waals surface area (Å²) in [6.07, 6.45) is 12.7. The van der Waals surface area contributed by atoms with E-state index in [-0.39, 0.29) is 0 Å². The molecule has 1 heteroatoms. The summed E-state index contributed by atoms with van der Waals surface area (Å²) in [5, 5.41) is 1.29. The largest absolute Gasteiger partial charge is 0.135 e. The van der Waals surface area contributed by atoms with Crippen LogP contribution in [0.3, 0.4) is 0 Å². The number of allylic oxidation sites excluding steroid dienone is 4. The van der Waals surface area contributed by atoms with E-state index in [1.807, 2.05) is 6.08 Å². The van der Waals surface area contributed by atoms with Crippen molar-refractivity contribution in [1.29, 1.82) is 0 Å². The van der Waals surface area contributed by atoms with Gasteiger partial charge in [0, 0.05) is 15.0 Å². The molecule has 0 unspecified atom stereocenters. The highest BCUT2D eigenvalue weighted by Crippen LogP contribution is 2.36. The molecule has 4 rings (SSSR count). The molecule has 0 aliphatic carbocycles. The van der Waals surface area contributed by atoms with Crippen molar-refractivity contribution in [2.45, 2.75) is 20.8 Å². The quantitative estimate of drug-likeness (QED) is 0.266. The summed E-state index contributed by atoms with van der Waals surface area (Å²) < 4.78 is 1.30. The van der Waals surface area contributed by atoms with Crippen LogP contribution in [0.2, 0.25) is 0 Å². The number of fused-ring (bicyclic) bond motifs is 1. The second kappa shape index (κ2) is 9.80. The molecule has 0 saturated heterocycles. The van der Waals surface area contributed by atoms with Crippen LogP contribution < -0.4 is 0 Å². The molecule has 0 N–H and O–H groups in total. The van der Waals surface area contributed by atoms with Crippen LogP contribution in [-0.4, -0.2) is 0 Å². The highest BCUT2D eigenvalue weighted by atomic mass is 32.1. The molecule has 0 amide bonds. The molecule has 4 aromatic rings. The zero-order valence-electron chi connectivity index (χ0n) is 18.9. The molecular formula is C31H28S. The van der Waals surface area contributed by atoms with Gasteiger partial charge in [-0.25, -0.2) is 0 Å². The van der Waals surface area contributed by atoms with Gasteiger partial charge in [0.1, 0.15) is 0 Å². The average molecular weight is 433 g/mol. The Morgan fingerprint density at radius 2 is 1.50 bits per heavy atom. The van der Waals surface area contributed by atoms with E-state index in [9.17, 15) is 0 Å². The fraction of sp³-hybridized carbons (Fsp3) is 0.0968. The Morgan fingerprint density at radius 3 is 2.19 bits per heavy atom. The van der Waals surface area contributed by atoms with Crippen LogP contribution in [0.4, 0.5) is 0 Å². The summed E-state index contributed by atoms with van der Waals surface area (Å²) in [4.78, 5) is 1.22. The zero-order chi connectivity index (χ0) is 22.5. The standard InChI is InChI=1S/C31H28S/c1-5-10-28-29-21-27(17-18-31(29)32-30(28)7-3)26-14-9-13-25(20-26)24-12-8-11-23(19-24)16-15-22(4)6-2/h5-21H,3H2,1-2,4H3/b10-5-,16-15-,22-6+. The maximum Gasteiger partial charge on any atom is 0.0355 e. The predicted molar refractivity (Wildman–Crippen MR) is 146 cm³/mol. The van der Waals surface area contributed by atoms with Crippen LogP contribution in [0.25, 0.3) is 50.6 Å². The molecule has 3 aromatic carbocycles. The van der Waals surface area contributed by atoms with Gasteiger partial charge in [-0.2, -0.15) is 0 Å². The van der Waals surface area contributed by atoms with E-state index in [2.05, 4.69) is 124 Å². The van der Waals surface area contributed by atoms with Gasteiger partial charge in [-0.05, 0) is 78.4 Å². The zero-order valence-corrected chi connectivity index (χ0v) is 19.7. The molecular weight excluding hydrogens is 404 g/mol. The van der Waals surface area contributed by atoms with Crippen LogP contribution in [-0.2, 0) is 0 Å². The Balaban J connectivity index is 1.74. The lowest BCUT2D eigenvalue weighted by Crippen LogP contribution is -1.83. The van der Waals surface area contributed by atoms with Crippen molar-refractivity contribution in [3.63, 3.8) is 0 Å². The van der Waals surface area contributed by atoms with Crippen molar-refractivity contribution in [3.8, 4) is 22.3 Å². The van der Waals surface area contributed by atoms with Gasteiger partial charge in [-0.15, -0.1) is 11.3 Å². The molecule has 0 atom stereocenters. The van der Waals surface area contributed by atoms with Crippen molar-refractivity contribution in [1.82, 2.24) is 0 Å². The van der Waals surface area contributed by atoms with Gasteiger partial charge >= 0.3 is 0 Å². The lowest BCUT2D eigenvalue weighted by molar-refractivity contribution is 1.48. The molecule has 0 bridgehead atoms. The second-order valence-electron chi connectivity index (χ2n) is 7.87. The number of thiophene rings is 1. The Kier molecular flexibility index (Phi) is 6.68. The Morgan fingerprint density at radius 1 is 0.812 bits per heavy atom. The first-order chi connectivity index (χ1) is 15.6. The van der Waals surface area contributed by atoms with E-state index in [0.717, 1.165) is 0 Å². The summed E-state index contributed by atoms with van der Waals surface area (Å²) in [5.41, 5.74) is 8.65. The summed E-state index contributed by atoms with van der Waals surface area (Å²) in [6.45, 7) is 10.2. The molecule has 0 aliphatic rings. The van der Waals surface area contributed by atoms with Crippen LogP contribution in [0.1, 0.15) is 36.8 Å². The highest BCUT2D eigenvalue weighted by Gasteiger charge is 2.10. The molecule has 0 nitrogen and oxygen atoms in total. The van der Waals surface area contributed by atoms with Gasteiger partial charge in [-0.1, -0.05) is 91.1 Å². The molecule has 32 heavy (non-hydrogen) atoms. The van der Waals surface area contributed by atoms with Crippen LogP contribution >= 0.6 is 11.3 Å². The van der Waals surface area contributed by atoms with Crippen LogP contribution in [0.15, 0.2) is 97.1 Å². The van der Waals surface area contributed by atoms with Gasteiger partial charge in [0.2, 0.25) is 0 Å². The molecule has 0 spiro atoms. The Bertz CT molecular complexity index is 1360. The maximum atomic E-state index is 4.00. The first-order valence-electron chi connectivity index (χ1n) is 11.0. The monoisotopic (exact) mass is 432 g/mol. The average Bonchev–Trinajstić information content (AvgIpc) is 3.20. The minimum atomic E-state index is 1.21. The molecule has 0 fully saturated rings. The van der Waals surface area contributed by atoms with Crippen molar-refractivity contribution >= 4 is 39.7 Å². The smallest absolute Gasteiger partial charge is 0.0355 e. The van der Waals surface area contributed by atoms with Crippen molar-refractivity contribution in [2.24, 2.45) is 0 Å². The van der Waals surface area contributed by atoms with Gasteiger partial charge < -0.3 is 0 Å². The summed E-state index contributed by atoms with van der Waals surface area (Å²) in [6, 6.07) is 24.3. The Hall–Kier alpha value is -3.42. The molecule has 1 aromatic heterocycles. The summed E-state index contributed by atoms with van der Waals surface area (Å²) >= 11 is 1.80. The molecule has 1 heterocycles. The molecule has 0 aliphatic heterocycles. The molecule has 0 saturated carbocycles. The number of rotatable bonds is 6. The molecule has 0 radical (unpaired) electrons. The minimum absolute atomic E-state index is 1.21. The lowest BCUT2D eigenvalue weighted by Gasteiger charge is -2.08. The topological polar surface area (TPSA) is 0 Å². The summed E-state index contributed by atoms with van der Waals surface area (Å²) in [7, 11) is 0. The van der Waals surface area contributed by atoms with E-state index in [0.29, 0.717) is 0 Å². The SMILES string of the molecule is C=Cc1sc2ccc(-c3cccc(-c4cccc(/C=C\C(C)=C\C)c4)c3)cc2c1/C=C\C. The summed E-state index contributed by atoms with van der Waals surface area (Å²) in [5.74, 6) is 0. The van der Waals surface area contributed by atoms with E-state index in [4.69, 9.17) is 0 Å². The lowest BCUT2D eigenvalue weighted by atomic mass is 9.96. The van der Waals surface area contributed by atoms with E-state index < -0.39 is 0 Å². The first kappa shape index (κ1) is 21.8. The number of benzene rings is 3. The van der Waals surface area contributed by atoms with Gasteiger partial charge in [0.15, 0.2) is 0 Å². The third-order valence-corrected chi connectivity index (χ3v) is 6.87. The highest BCUT2D eigenvalue weighted by molar-refractivity contribution is 7.20. The maximum absolute atomic E-state index is 4.00. The van der Waals surface area contributed by atoms with Gasteiger partial charge in [-0.3, -0.25) is 0 Å². The van der Waals surface area contributed by atoms with E-state index in [1.165, 1.54) is 53.9 Å². The minimum Gasteiger partial charge on any atom is -0.135 e. The van der Waals surface area contributed by atoms with Gasteiger partial charge in [0.05, 0.1) is 0 Å². The van der Waals surface area contributed by atoms with Crippen molar-refractivity contribution < 1.29 is 0 Å². The van der Waals surface area contributed by atoms with Crippen molar-refractivity contribution in [2.75, 3.05) is 0 Å². The Labute approximate surface area is 195 Å². The number of hydrogen-bond acceptors (Lipinski definition) is 1.